The predicted octanol–water partition coefficient (Wildman–Crippen LogP) is 3.98. The van der Waals surface area contributed by atoms with Gasteiger partial charge in [-0.2, -0.15) is 0 Å². The second kappa shape index (κ2) is 4.96. The fourth-order valence-electron chi connectivity index (χ4n) is 2.59. The Kier molecular flexibility index (Phi) is 4.12. The van der Waals surface area contributed by atoms with Crippen LogP contribution in [-0.4, -0.2) is 6.29 Å². The molecule has 0 radical (unpaired) electrons. The summed E-state index contributed by atoms with van der Waals surface area (Å²) in [6.07, 6.45) is 7.77. The summed E-state index contributed by atoms with van der Waals surface area (Å²) in [6.45, 7) is 9.14. The minimum absolute atomic E-state index is 0.443. The van der Waals surface area contributed by atoms with Gasteiger partial charge >= 0.3 is 0 Å². The summed E-state index contributed by atoms with van der Waals surface area (Å²) < 4.78 is 0. The van der Waals surface area contributed by atoms with E-state index >= 15 is 0 Å². The Hall–Kier alpha value is -0.590. The molecule has 0 aromatic rings. The second-order valence-electron chi connectivity index (χ2n) is 5.48. The largest absolute Gasteiger partial charge is 0.298 e. The van der Waals surface area contributed by atoms with Gasteiger partial charge in [-0.25, -0.2) is 0 Å². The number of allylic oxidation sites excluding steroid dienone is 2. The molecular weight excluding hydrogens is 184 g/mol. The van der Waals surface area contributed by atoms with Crippen LogP contribution in [0.25, 0.3) is 0 Å². The Morgan fingerprint density at radius 2 is 2.07 bits per heavy atom. The zero-order chi connectivity index (χ0) is 11.5. The standard InChI is InChI=1S/C14H24O/c1-5-12(10-15)7-9-13-8-6-11(2)14(13,3)4/h7,10-11,13H,5-6,8-9H2,1-4H3. The molecule has 0 aliphatic heterocycles. The van der Waals surface area contributed by atoms with Gasteiger partial charge in [0, 0.05) is 0 Å². The lowest BCUT2D eigenvalue weighted by molar-refractivity contribution is -0.105. The van der Waals surface area contributed by atoms with Gasteiger partial charge in [-0.15, -0.1) is 0 Å². The Labute approximate surface area is 93.9 Å². The van der Waals surface area contributed by atoms with Gasteiger partial charge in [-0.05, 0) is 48.5 Å². The van der Waals surface area contributed by atoms with Gasteiger partial charge in [0.25, 0.3) is 0 Å². The maximum Gasteiger partial charge on any atom is 0.145 e. The average Bonchev–Trinajstić information content (AvgIpc) is 2.45. The molecule has 0 aromatic carbocycles. The van der Waals surface area contributed by atoms with Crippen molar-refractivity contribution in [3.63, 3.8) is 0 Å². The average molecular weight is 208 g/mol. The third-order valence-corrected chi connectivity index (χ3v) is 4.49. The predicted molar refractivity (Wildman–Crippen MR) is 64.7 cm³/mol. The Morgan fingerprint density at radius 1 is 1.40 bits per heavy atom. The molecule has 0 amide bonds. The minimum atomic E-state index is 0.443. The van der Waals surface area contributed by atoms with Crippen LogP contribution in [0.3, 0.4) is 0 Å². The van der Waals surface area contributed by atoms with Crippen LogP contribution in [0.2, 0.25) is 0 Å². The molecule has 1 rings (SSSR count). The molecule has 0 N–H and O–H groups in total. The summed E-state index contributed by atoms with van der Waals surface area (Å²) in [5.74, 6) is 1.58. The van der Waals surface area contributed by atoms with Crippen LogP contribution in [0.4, 0.5) is 0 Å². The molecule has 0 heterocycles. The zero-order valence-corrected chi connectivity index (χ0v) is 10.5. The van der Waals surface area contributed by atoms with Crippen molar-refractivity contribution in [3.8, 4) is 0 Å². The SMILES string of the molecule is CCC(C=O)=CCC1CCC(C)C1(C)C. The highest BCUT2D eigenvalue weighted by Gasteiger charge is 2.39. The molecule has 2 atom stereocenters. The summed E-state index contributed by atoms with van der Waals surface area (Å²) in [5.41, 5.74) is 1.41. The first kappa shape index (κ1) is 12.5. The lowest BCUT2D eigenvalue weighted by Gasteiger charge is -2.30. The first-order chi connectivity index (χ1) is 7.02. The highest BCUT2D eigenvalue weighted by Crippen LogP contribution is 2.48. The number of aldehydes is 1. The molecule has 2 unspecified atom stereocenters. The van der Waals surface area contributed by atoms with Gasteiger partial charge in [0.15, 0.2) is 0 Å². The third kappa shape index (κ3) is 2.70. The summed E-state index contributed by atoms with van der Waals surface area (Å²) in [5, 5.41) is 0. The van der Waals surface area contributed by atoms with Crippen LogP contribution in [0.15, 0.2) is 11.6 Å². The van der Waals surface area contributed by atoms with E-state index in [9.17, 15) is 4.79 Å². The van der Waals surface area contributed by atoms with Gasteiger partial charge in [-0.1, -0.05) is 33.8 Å². The molecule has 1 nitrogen and oxygen atoms in total. The van der Waals surface area contributed by atoms with E-state index in [-0.39, 0.29) is 0 Å². The Bertz CT molecular complexity index is 250. The molecule has 0 bridgehead atoms. The number of hydrogen-bond acceptors (Lipinski definition) is 1. The summed E-state index contributed by atoms with van der Waals surface area (Å²) in [4.78, 5) is 10.7. The number of carbonyl (C=O) groups excluding carboxylic acids is 1. The van der Waals surface area contributed by atoms with Crippen LogP contribution < -0.4 is 0 Å². The van der Waals surface area contributed by atoms with Gasteiger partial charge in [0.05, 0.1) is 0 Å². The number of rotatable bonds is 4. The van der Waals surface area contributed by atoms with Gasteiger partial charge < -0.3 is 0 Å². The fourth-order valence-corrected chi connectivity index (χ4v) is 2.59. The second-order valence-corrected chi connectivity index (χ2v) is 5.48. The normalized spacial score (nSPS) is 30.5. The van der Waals surface area contributed by atoms with E-state index in [0.29, 0.717) is 5.41 Å². The quantitative estimate of drug-likeness (QED) is 0.504. The van der Waals surface area contributed by atoms with E-state index in [1.807, 2.05) is 6.92 Å². The minimum Gasteiger partial charge on any atom is -0.298 e. The number of hydrogen-bond donors (Lipinski definition) is 0. The van der Waals surface area contributed by atoms with Gasteiger partial charge in [-0.3, -0.25) is 4.79 Å². The van der Waals surface area contributed by atoms with Crippen molar-refractivity contribution in [1.29, 1.82) is 0 Å². The smallest absolute Gasteiger partial charge is 0.145 e. The van der Waals surface area contributed by atoms with E-state index in [2.05, 4.69) is 26.8 Å². The molecule has 1 fully saturated rings. The van der Waals surface area contributed by atoms with Crippen LogP contribution in [-0.2, 0) is 4.79 Å². The van der Waals surface area contributed by atoms with Crippen LogP contribution >= 0.6 is 0 Å². The molecule has 86 valence electrons. The third-order valence-electron chi connectivity index (χ3n) is 4.49. The maximum atomic E-state index is 10.7. The molecule has 1 aliphatic rings. The van der Waals surface area contributed by atoms with Crippen molar-refractivity contribution in [2.75, 3.05) is 0 Å². The number of carbonyl (C=O) groups is 1. The van der Waals surface area contributed by atoms with Crippen molar-refractivity contribution >= 4 is 6.29 Å². The molecule has 1 saturated carbocycles. The molecule has 0 saturated heterocycles. The lowest BCUT2D eigenvalue weighted by atomic mass is 9.75. The van der Waals surface area contributed by atoms with Crippen molar-refractivity contribution in [2.24, 2.45) is 17.3 Å². The van der Waals surface area contributed by atoms with E-state index in [1.54, 1.807) is 0 Å². The van der Waals surface area contributed by atoms with Gasteiger partial charge in [0.1, 0.15) is 6.29 Å². The van der Waals surface area contributed by atoms with Crippen molar-refractivity contribution < 1.29 is 4.79 Å². The van der Waals surface area contributed by atoms with Crippen molar-refractivity contribution in [1.82, 2.24) is 0 Å². The molecule has 1 aliphatic carbocycles. The molecule has 0 aromatic heterocycles. The van der Waals surface area contributed by atoms with E-state index < -0.39 is 0 Å². The van der Waals surface area contributed by atoms with Gasteiger partial charge in [0.2, 0.25) is 0 Å². The lowest BCUT2D eigenvalue weighted by Crippen LogP contribution is -2.22. The zero-order valence-electron chi connectivity index (χ0n) is 10.5. The topological polar surface area (TPSA) is 17.1 Å². The summed E-state index contributed by atoms with van der Waals surface area (Å²) >= 11 is 0. The molecule has 1 heteroatoms. The first-order valence-corrected chi connectivity index (χ1v) is 6.16. The van der Waals surface area contributed by atoms with Crippen LogP contribution in [0.5, 0.6) is 0 Å². The summed E-state index contributed by atoms with van der Waals surface area (Å²) in [6, 6.07) is 0. The van der Waals surface area contributed by atoms with E-state index in [4.69, 9.17) is 0 Å². The highest BCUT2D eigenvalue weighted by molar-refractivity contribution is 5.72. The van der Waals surface area contributed by atoms with Crippen LogP contribution in [0.1, 0.15) is 53.4 Å². The Balaban J connectivity index is 2.60. The fraction of sp³-hybridized carbons (Fsp3) is 0.786. The van der Waals surface area contributed by atoms with Crippen LogP contribution in [0, 0.1) is 17.3 Å². The van der Waals surface area contributed by atoms with Crippen molar-refractivity contribution in [3.05, 3.63) is 11.6 Å². The van der Waals surface area contributed by atoms with E-state index in [1.165, 1.54) is 12.8 Å². The highest BCUT2D eigenvalue weighted by atomic mass is 16.1. The van der Waals surface area contributed by atoms with Crippen molar-refractivity contribution in [2.45, 2.75) is 53.4 Å². The molecule has 15 heavy (non-hydrogen) atoms. The monoisotopic (exact) mass is 208 g/mol. The molecule has 0 spiro atoms. The molecular formula is C14H24O. The first-order valence-electron chi connectivity index (χ1n) is 6.16. The van der Waals surface area contributed by atoms with E-state index in [0.717, 1.165) is 36.5 Å². The maximum absolute atomic E-state index is 10.7. The Morgan fingerprint density at radius 3 is 2.47 bits per heavy atom. The summed E-state index contributed by atoms with van der Waals surface area (Å²) in [7, 11) is 0.